The maximum atomic E-state index is 12.4. The van der Waals surface area contributed by atoms with Gasteiger partial charge in [0.25, 0.3) is 5.91 Å². The molecule has 0 aliphatic rings. The Balaban J connectivity index is 1.50. The molecule has 0 aliphatic carbocycles. The van der Waals surface area contributed by atoms with Crippen molar-refractivity contribution in [3.63, 3.8) is 0 Å². The minimum Gasteiger partial charge on any atom is -0.277 e. The first-order valence-electron chi connectivity index (χ1n) is 8.32. The number of benzene rings is 3. The fourth-order valence-electron chi connectivity index (χ4n) is 2.80. The number of H-pyrrole nitrogens is 1. The highest BCUT2D eigenvalue weighted by Gasteiger charge is 2.07. The average Bonchev–Trinajstić information content (AvgIpc) is 3.16. The lowest BCUT2D eigenvalue weighted by molar-refractivity contribution is 0.0955. The highest BCUT2D eigenvalue weighted by atomic mass is 79.9. The van der Waals surface area contributed by atoms with Crippen LogP contribution in [0.3, 0.4) is 0 Å². The van der Waals surface area contributed by atoms with E-state index in [0.29, 0.717) is 5.56 Å². The maximum Gasteiger partial charge on any atom is 0.271 e. The van der Waals surface area contributed by atoms with E-state index in [1.165, 1.54) is 0 Å². The molecule has 27 heavy (non-hydrogen) atoms. The van der Waals surface area contributed by atoms with Gasteiger partial charge in [-0.15, -0.1) is 0 Å². The van der Waals surface area contributed by atoms with E-state index in [2.05, 4.69) is 36.7 Å². The smallest absolute Gasteiger partial charge is 0.271 e. The SMILES string of the molecule is O=C(NN=Cc1cn[nH]c1-c1ccc(Br)cc1)c1ccc2ccccc2c1. The fraction of sp³-hybridized carbons (Fsp3) is 0. The second kappa shape index (κ2) is 7.55. The van der Waals surface area contributed by atoms with Crippen molar-refractivity contribution in [1.82, 2.24) is 15.6 Å². The molecule has 0 unspecified atom stereocenters. The van der Waals surface area contributed by atoms with Gasteiger partial charge in [0.15, 0.2) is 0 Å². The monoisotopic (exact) mass is 418 g/mol. The number of hydrogen-bond donors (Lipinski definition) is 2. The van der Waals surface area contributed by atoms with E-state index in [1.807, 2.05) is 60.7 Å². The highest BCUT2D eigenvalue weighted by molar-refractivity contribution is 9.10. The number of hydrazone groups is 1. The van der Waals surface area contributed by atoms with Gasteiger partial charge in [-0.3, -0.25) is 9.89 Å². The summed E-state index contributed by atoms with van der Waals surface area (Å²) in [5, 5.41) is 13.2. The van der Waals surface area contributed by atoms with Crippen LogP contribution in [0, 0.1) is 0 Å². The van der Waals surface area contributed by atoms with Crippen LogP contribution in [-0.4, -0.2) is 22.3 Å². The number of rotatable bonds is 4. The van der Waals surface area contributed by atoms with Crippen LogP contribution in [0.2, 0.25) is 0 Å². The van der Waals surface area contributed by atoms with E-state index in [-0.39, 0.29) is 5.91 Å². The molecule has 0 saturated heterocycles. The number of nitrogens with one attached hydrogen (secondary N) is 2. The molecule has 3 aromatic carbocycles. The van der Waals surface area contributed by atoms with Crippen molar-refractivity contribution in [1.29, 1.82) is 0 Å². The van der Waals surface area contributed by atoms with Crippen LogP contribution in [0.5, 0.6) is 0 Å². The summed E-state index contributed by atoms with van der Waals surface area (Å²) in [5.41, 5.74) is 5.74. The number of halogens is 1. The number of carbonyl (C=O) groups excluding carboxylic acids is 1. The van der Waals surface area contributed by atoms with E-state index in [0.717, 1.165) is 32.1 Å². The molecule has 0 radical (unpaired) electrons. The van der Waals surface area contributed by atoms with Gasteiger partial charge in [0.2, 0.25) is 0 Å². The second-order valence-corrected chi connectivity index (χ2v) is 6.88. The van der Waals surface area contributed by atoms with Gasteiger partial charge in [-0.2, -0.15) is 10.2 Å². The molecule has 1 aromatic heterocycles. The predicted molar refractivity (Wildman–Crippen MR) is 111 cm³/mol. The Hall–Kier alpha value is -3.25. The van der Waals surface area contributed by atoms with Crippen molar-refractivity contribution in [2.24, 2.45) is 5.10 Å². The van der Waals surface area contributed by atoms with Gasteiger partial charge in [-0.05, 0) is 35.0 Å². The summed E-state index contributed by atoms with van der Waals surface area (Å²) in [7, 11) is 0. The molecule has 6 heteroatoms. The molecular formula is C21H15BrN4O. The van der Waals surface area contributed by atoms with Gasteiger partial charge in [0, 0.05) is 21.2 Å². The number of carbonyl (C=O) groups is 1. The summed E-state index contributed by atoms with van der Waals surface area (Å²) in [6.07, 6.45) is 3.25. The summed E-state index contributed by atoms with van der Waals surface area (Å²) in [6, 6.07) is 21.3. The van der Waals surface area contributed by atoms with Crippen LogP contribution < -0.4 is 5.43 Å². The molecule has 2 N–H and O–H groups in total. The third kappa shape index (κ3) is 3.80. The fourth-order valence-corrected chi connectivity index (χ4v) is 3.06. The first-order valence-corrected chi connectivity index (χ1v) is 9.11. The Labute approximate surface area is 164 Å². The van der Waals surface area contributed by atoms with E-state index in [1.54, 1.807) is 18.5 Å². The number of aromatic amines is 1. The lowest BCUT2D eigenvalue weighted by Gasteiger charge is -2.03. The Kier molecular flexibility index (Phi) is 4.80. The van der Waals surface area contributed by atoms with Gasteiger partial charge in [-0.1, -0.05) is 58.4 Å². The third-order valence-electron chi connectivity index (χ3n) is 4.18. The maximum absolute atomic E-state index is 12.4. The van der Waals surface area contributed by atoms with Gasteiger partial charge in [-0.25, -0.2) is 5.43 Å². The topological polar surface area (TPSA) is 70.1 Å². The number of aromatic nitrogens is 2. The standard InChI is InChI=1S/C21H15BrN4O/c22-19-9-7-15(8-10-19)20-18(12-23-25-20)13-24-26-21(27)17-6-5-14-3-1-2-4-16(14)11-17/h1-13H,(H,23,25)(H,26,27). The molecule has 132 valence electrons. The largest absolute Gasteiger partial charge is 0.277 e. The van der Waals surface area contributed by atoms with Crippen LogP contribution >= 0.6 is 15.9 Å². The highest BCUT2D eigenvalue weighted by Crippen LogP contribution is 2.22. The summed E-state index contributed by atoms with van der Waals surface area (Å²) < 4.78 is 1.00. The summed E-state index contributed by atoms with van der Waals surface area (Å²) in [4.78, 5) is 12.4. The Morgan fingerprint density at radius 1 is 1.04 bits per heavy atom. The van der Waals surface area contributed by atoms with Crippen molar-refractivity contribution in [2.75, 3.05) is 0 Å². The lowest BCUT2D eigenvalue weighted by Crippen LogP contribution is -2.17. The normalized spacial score (nSPS) is 11.1. The Morgan fingerprint density at radius 2 is 1.81 bits per heavy atom. The molecule has 1 heterocycles. The zero-order valence-corrected chi connectivity index (χ0v) is 15.8. The van der Waals surface area contributed by atoms with Gasteiger partial charge >= 0.3 is 0 Å². The zero-order chi connectivity index (χ0) is 18.6. The molecule has 1 amide bonds. The van der Waals surface area contributed by atoms with Crippen LogP contribution in [0.4, 0.5) is 0 Å². The molecule has 0 spiro atoms. The van der Waals surface area contributed by atoms with Crippen molar-refractivity contribution in [3.8, 4) is 11.3 Å². The third-order valence-corrected chi connectivity index (χ3v) is 4.71. The first kappa shape index (κ1) is 17.2. The molecule has 0 aliphatic heterocycles. The van der Waals surface area contributed by atoms with Gasteiger partial charge in [0.1, 0.15) is 0 Å². The first-order chi connectivity index (χ1) is 13.2. The quantitative estimate of drug-likeness (QED) is 0.370. The van der Waals surface area contributed by atoms with E-state index in [9.17, 15) is 4.79 Å². The van der Waals surface area contributed by atoms with E-state index >= 15 is 0 Å². The van der Waals surface area contributed by atoms with Crippen molar-refractivity contribution >= 4 is 38.8 Å². The molecule has 4 aromatic rings. The number of amides is 1. The average molecular weight is 419 g/mol. The zero-order valence-electron chi connectivity index (χ0n) is 14.2. The van der Waals surface area contributed by atoms with Crippen molar-refractivity contribution < 1.29 is 4.79 Å². The summed E-state index contributed by atoms with van der Waals surface area (Å²) >= 11 is 3.42. The molecule has 0 bridgehead atoms. The molecule has 4 rings (SSSR count). The van der Waals surface area contributed by atoms with Gasteiger partial charge in [0.05, 0.1) is 18.1 Å². The molecule has 0 fully saturated rings. The van der Waals surface area contributed by atoms with Crippen LogP contribution in [0.1, 0.15) is 15.9 Å². The van der Waals surface area contributed by atoms with Crippen LogP contribution in [-0.2, 0) is 0 Å². The number of fused-ring (bicyclic) bond motifs is 1. The van der Waals surface area contributed by atoms with Crippen molar-refractivity contribution in [2.45, 2.75) is 0 Å². The molecule has 0 saturated carbocycles. The second-order valence-electron chi connectivity index (χ2n) is 5.97. The molecule has 5 nitrogen and oxygen atoms in total. The minimum atomic E-state index is -0.259. The summed E-state index contributed by atoms with van der Waals surface area (Å²) in [5.74, 6) is -0.259. The minimum absolute atomic E-state index is 0.259. The molecular weight excluding hydrogens is 404 g/mol. The summed E-state index contributed by atoms with van der Waals surface area (Å²) in [6.45, 7) is 0. The van der Waals surface area contributed by atoms with Crippen LogP contribution in [0.15, 0.2) is 82.5 Å². The number of nitrogens with zero attached hydrogens (tertiary/aromatic N) is 2. The Bertz CT molecular complexity index is 1130. The molecule has 0 atom stereocenters. The number of hydrogen-bond acceptors (Lipinski definition) is 3. The lowest BCUT2D eigenvalue weighted by atomic mass is 10.1. The van der Waals surface area contributed by atoms with E-state index < -0.39 is 0 Å². The van der Waals surface area contributed by atoms with E-state index in [4.69, 9.17) is 0 Å². The van der Waals surface area contributed by atoms with Crippen LogP contribution in [0.25, 0.3) is 22.0 Å². The van der Waals surface area contributed by atoms with Gasteiger partial charge < -0.3 is 0 Å². The van der Waals surface area contributed by atoms with Crippen molar-refractivity contribution in [3.05, 3.63) is 88.5 Å². The Morgan fingerprint density at radius 3 is 2.63 bits per heavy atom. The predicted octanol–water partition coefficient (Wildman–Crippen LogP) is 4.76.